The molecule has 2 aliphatic rings. The number of amides is 2. The van der Waals surface area contributed by atoms with Crippen LogP contribution in [0.15, 0.2) is 36.4 Å². The van der Waals surface area contributed by atoms with Crippen LogP contribution in [0.25, 0.3) is 5.65 Å². The van der Waals surface area contributed by atoms with Crippen molar-refractivity contribution in [1.29, 1.82) is 0 Å². The van der Waals surface area contributed by atoms with Gasteiger partial charge in [0.05, 0.1) is 17.4 Å². The van der Waals surface area contributed by atoms with Crippen LogP contribution in [-0.2, 0) is 4.74 Å². The number of carbonyl (C=O) groups excluding carboxylic acids is 2. The van der Waals surface area contributed by atoms with Crippen LogP contribution in [0.5, 0.6) is 0 Å². The molecule has 0 spiro atoms. The molecule has 2 fully saturated rings. The molecule has 9 nitrogen and oxygen atoms in total. The summed E-state index contributed by atoms with van der Waals surface area (Å²) in [4.78, 5) is 29.5. The third-order valence-corrected chi connectivity index (χ3v) is 6.52. The van der Waals surface area contributed by atoms with Crippen molar-refractivity contribution < 1.29 is 14.3 Å². The Kier molecular flexibility index (Phi) is 5.03. The van der Waals surface area contributed by atoms with Gasteiger partial charge in [-0.15, -0.1) is 10.2 Å². The van der Waals surface area contributed by atoms with Crippen LogP contribution in [-0.4, -0.2) is 66.8 Å². The van der Waals surface area contributed by atoms with E-state index in [0.717, 1.165) is 11.3 Å². The van der Waals surface area contributed by atoms with Gasteiger partial charge < -0.3 is 9.64 Å². The molecule has 166 valence electrons. The molecule has 9 heteroatoms. The molecule has 2 atom stereocenters. The Bertz CT molecular complexity index is 1170. The minimum atomic E-state index is -0.280. The average Bonchev–Trinajstić information content (AvgIpc) is 3.33. The van der Waals surface area contributed by atoms with Crippen LogP contribution < -0.4 is 0 Å². The van der Waals surface area contributed by atoms with Crippen LogP contribution in [0.3, 0.4) is 0 Å². The Labute approximate surface area is 186 Å². The maximum Gasteiger partial charge on any atom is 0.411 e. The van der Waals surface area contributed by atoms with Crippen LogP contribution in [0.1, 0.15) is 53.3 Å². The highest BCUT2D eigenvalue weighted by molar-refractivity contribution is 5.93. The predicted octanol–water partition coefficient (Wildman–Crippen LogP) is 2.93. The van der Waals surface area contributed by atoms with Gasteiger partial charge in [0.1, 0.15) is 6.10 Å². The Hall–Kier alpha value is -3.49. The first-order valence-electron chi connectivity index (χ1n) is 11.0. The molecule has 3 aromatic rings. The van der Waals surface area contributed by atoms with Gasteiger partial charge in [0.2, 0.25) is 0 Å². The van der Waals surface area contributed by atoms with Gasteiger partial charge in [-0.25, -0.2) is 9.31 Å². The fraction of sp³-hybridized carbons (Fsp3) is 0.435. The Morgan fingerprint density at radius 2 is 1.81 bits per heavy atom. The third kappa shape index (κ3) is 3.37. The number of fused-ring (bicyclic) bond motifs is 1. The highest BCUT2D eigenvalue weighted by atomic mass is 16.6. The van der Waals surface area contributed by atoms with E-state index in [4.69, 9.17) is 4.74 Å². The van der Waals surface area contributed by atoms with Crippen molar-refractivity contribution >= 4 is 17.6 Å². The summed E-state index contributed by atoms with van der Waals surface area (Å²) in [5.41, 5.74) is 3.45. The summed E-state index contributed by atoms with van der Waals surface area (Å²) in [5, 5.41) is 12.7. The predicted molar refractivity (Wildman–Crippen MR) is 116 cm³/mol. The van der Waals surface area contributed by atoms with E-state index in [1.54, 1.807) is 9.42 Å². The van der Waals surface area contributed by atoms with Crippen LogP contribution in [0.4, 0.5) is 4.79 Å². The molecule has 2 aliphatic heterocycles. The monoisotopic (exact) mass is 434 g/mol. The molecule has 5 rings (SSSR count). The van der Waals surface area contributed by atoms with E-state index in [2.05, 4.69) is 15.3 Å². The Morgan fingerprint density at radius 1 is 1.09 bits per heavy atom. The van der Waals surface area contributed by atoms with Crippen molar-refractivity contribution in [3.63, 3.8) is 0 Å². The van der Waals surface area contributed by atoms with Gasteiger partial charge in [-0.3, -0.25) is 9.69 Å². The minimum absolute atomic E-state index is 0.0405. The molecule has 0 aliphatic carbocycles. The summed E-state index contributed by atoms with van der Waals surface area (Å²) in [5.74, 6) is -0.150. The second-order valence-corrected chi connectivity index (χ2v) is 8.58. The second-order valence-electron chi connectivity index (χ2n) is 8.58. The highest BCUT2D eigenvalue weighted by Gasteiger charge is 2.44. The molecule has 1 aromatic carbocycles. The molecule has 0 saturated carbocycles. The lowest BCUT2D eigenvalue weighted by Gasteiger charge is -2.37. The zero-order chi connectivity index (χ0) is 22.4. The summed E-state index contributed by atoms with van der Waals surface area (Å²) < 4.78 is 7.37. The topological polar surface area (TPSA) is 92.9 Å². The van der Waals surface area contributed by atoms with Crippen molar-refractivity contribution in [2.45, 2.75) is 51.8 Å². The third-order valence-electron chi connectivity index (χ3n) is 6.52. The number of cyclic esters (lactones) is 1. The van der Waals surface area contributed by atoms with E-state index in [1.165, 1.54) is 0 Å². The molecule has 2 saturated heterocycles. The maximum atomic E-state index is 13.1. The summed E-state index contributed by atoms with van der Waals surface area (Å²) in [6.07, 6.45) is 0.841. The second kappa shape index (κ2) is 7.89. The lowest BCUT2D eigenvalue weighted by atomic mass is 9.98. The van der Waals surface area contributed by atoms with Gasteiger partial charge in [-0.05, 0) is 39.2 Å². The number of aryl methyl sites for hydroxylation is 2. The molecule has 0 bridgehead atoms. The Morgan fingerprint density at radius 3 is 2.53 bits per heavy atom. The zero-order valence-electron chi connectivity index (χ0n) is 18.4. The number of hydrogen-bond acceptors (Lipinski definition) is 6. The molecule has 0 radical (unpaired) electrons. The summed E-state index contributed by atoms with van der Waals surface area (Å²) in [6, 6.07) is 11.6. The normalized spacial score (nSPS) is 21.9. The van der Waals surface area contributed by atoms with Gasteiger partial charge in [-0.2, -0.15) is 5.10 Å². The lowest BCUT2D eigenvalue weighted by molar-refractivity contribution is 0.0632. The number of likely N-dealkylation sites (tertiary alicyclic amines) is 1. The number of nitrogens with zero attached hydrogens (tertiary/aromatic N) is 6. The number of aromatic nitrogens is 4. The van der Waals surface area contributed by atoms with Crippen molar-refractivity contribution in [2.75, 3.05) is 13.1 Å². The standard InChI is InChI=1S/C23H26N6O3/c1-14-13-19-24-25-20(15(2)29(19)26-14)22(30)27-11-9-18(10-12-27)28-16(3)21(32-23(28)31)17-7-5-4-6-8-17/h4-8,13,16,18,21H,9-12H2,1-3H3/t16-,21-/m1/s1. The number of piperidine rings is 1. The minimum Gasteiger partial charge on any atom is -0.439 e. The quantitative estimate of drug-likeness (QED) is 0.629. The number of ether oxygens (including phenoxy) is 1. The van der Waals surface area contributed by atoms with E-state index >= 15 is 0 Å². The fourth-order valence-electron chi connectivity index (χ4n) is 4.82. The van der Waals surface area contributed by atoms with Crippen molar-refractivity contribution in [3.05, 3.63) is 59.0 Å². The van der Waals surface area contributed by atoms with E-state index in [0.29, 0.717) is 43.0 Å². The van der Waals surface area contributed by atoms with Gasteiger partial charge in [0, 0.05) is 25.2 Å². The average molecular weight is 435 g/mol. The van der Waals surface area contributed by atoms with Gasteiger partial charge in [0.15, 0.2) is 11.3 Å². The van der Waals surface area contributed by atoms with E-state index < -0.39 is 0 Å². The van der Waals surface area contributed by atoms with Crippen LogP contribution in [0.2, 0.25) is 0 Å². The number of hydrogen-bond donors (Lipinski definition) is 0. The Balaban J connectivity index is 1.28. The number of carbonyl (C=O) groups is 2. The maximum absolute atomic E-state index is 13.1. The largest absolute Gasteiger partial charge is 0.439 e. The van der Waals surface area contributed by atoms with Gasteiger partial charge in [0.25, 0.3) is 5.91 Å². The van der Waals surface area contributed by atoms with Gasteiger partial charge >= 0.3 is 6.09 Å². The lowest BCUT2D eigenvalue weighted by Crippen LogP contribution is -2.49. The molecular formula is C23H26N6O3. The summed E-state index contributed by atoms with van der Waals surface area (Å²) in [7, 11) is 0. The van der Waals surface area contributed by atoms with Crippen molar-refractivity contribution in [3.8, 4) is 0 Å². The highest BCUT2D eigenvalue weighted by Crippen LogP contribution is 2.35. The van der Waals surface area contributed by atoms with E-state index in [1.807, 2.05) is 62.1 Å². The first-order valence-corrected chi connectivity index (χ1v) is 11.0. The molecule has 0 unspecified atom stereocenters. The van der Waals surface area contributed by atoms with E-state index in [-0.39, 0.29) is 30.2 Å². The molecule has 2 aromatic heterocycles. The van der Waals surface area contributed by atoms with Gasteiger partial charge in [-0.1, -0.05) is 30.3 Å². The molecule has 0 N–H and O–H groups in total. The zero-order valence-corrected chi connectivity index (χ0v) is 18.4. The molecule has 4 heterocycles. The van der Waals surface area contributed by atoms with Crippen LogP contribution >= 0.6 is 0 Å². The summed E-state index contributed by atoms with van der Waals surface area (Å²) >= 11 is 0. The van der Waals surface area contributed by atoms with Crippen molar-refractivity contribution in [2.24, 2.45) is 0 Å². The number of benzene rings is 1. The first-order chi connectivity index (χ1) is 15.4. The summed E-state index contributed by atoms with van der Waals surface area (Å²) in [6.45, 7) is 6.84. The SMILES string of the molecule is Cc1cc2nnc(C(=O)N3CCC(N4C(=O)O[C@@H](c5ccccc5)[C@H]4C)CC3)c(C)n2n1. The molecule has 2 amide bonds. The first kappa shape index (κ1) is 20.4. The fourth-order valence-corrected chi connectivity index (χ4v) is 4.82. The smallest absolute Gasteiger partial charge is 0.411 e. The van der Waals surface area contributed by atoms with Crippen molar-refractivity contribution in [1.82, 2.24) is 29.6 Å². The van der Waals surface area contributed by atoms with Crippen LogP contribution in [0, 0.1) is 13.8 Å². The molecular weight excluding hydrogens is 408 g/mol. The van der Waals surface area contributed by atoms with E-state index in [9.17, 15) is 9.59 Å². The molecule has 32 heavy (non-hydrogen) atoms. The number of rotatable bonds is 3.